The Labute approximate surface area is 105 Å². The highest BCUT2D eigenvalue weighted by Gasteiger charge is 2.17. The number of hydrogen-bond donors (Lipinski definition) is 1. The topological polar surface area (TPSA) is 39.1 Å². The molecular formula is C11H20BrN3O. The number of halogens is 1. The van der Waals surface area contributed by atoms with Crippen LogP contribution in [0.1, 0.15) is 31.5 Å². The van der Waals surface area contributed by atoms with Crippen LogP contribution in [0, 0.1) is 0 Å². The fraction of sp³-hybridized carbons (Fsp3) is 0.727. The van der Waals surface area contributed by atoms with Crippen LogP contribution in [-0.2, 0) is 11.3 Å². The summed E-state index contributed by atoms with van der Waals surface area (Å²) in [5, 5.41) is 7.66. The zero-order chi connectivity index (χ0) is 12.0. The Balaban J connectivity index is 2.73. The first-order chi connectivity index (χ1) is 7.74. The molecule has 1 aromatic rings. The highest BCUT2D eigenvalue weighted by molar-refractivity contribution is 9.10. The maximum atomic E-state index is 5.08. The standard InChI is InChI=1S/C11H20BrN3O/c1-4-15-11(9(12)8-14-15)10(13-2)6-5-7-16-3/h8,10,13H,4-7H2,1-3H3. The Morgan fingerprint density at radius 2 is 2.38 bits per heavy atom. The SMILES string of the molecule is CCn1ncc(Br)c1C(CCCOC)NC. The summed E-state index contributed by atoms with van der Waals surface area (Å²) in [6, 6.07) is 0.326. The molecule has 0 fully saturated rings. The van der Waals surface area contributed by atoms with Crippen LogP contribution in [0.2, 0.25) is 0 Å². The van der Waals surface area contributed by atoms with E-state index in [1.54, 1.807) is 7.11 Å². The summed E-state index contributed by atoms with van der Waals surface area (Å²) < 4.78 is 8.18. The van der Waals surface area contributed by atoms with Gasteiger partial charge in [-0.2, -0.15) is 5.10 Å². The maximum absolute atomic E-state index is 5.08. The van der Waals surface area contributed by atoms with Crippen molar-refractivity contribution in [3.05, 3.63) is 16.4 Å². The van der Waals surface area contributed by atoms with Gasteiger partial charge in [-0.3, -0.25) is 4.68 Å². The van der Waals surface area contributed by atoms with Gasteiger partial charge in [-0.25, -0.2) is 0 Å². The quantitative estimate of drug-likeness (QED) is 0.784. The van der Waals surface area contributed by atoms with Crippen LogP contribution in [0.3, 0.4) is 0 Å². The molecular weight excluding hydrogens is 270 g/mol. The van der Waals surface area contributed by atoms with E-state index in [0.717, 1.165) is 30.5 Å². The molecule has 4 nitrogen and oxygen atoms in total. The zero-order valence-electron chi connectivity index (χ0n) is 10.2. The molecule has 1 N–H and O–H groups in total. The molecule has 0 radical (unpaired) electrons. The van der Waals surface area contributed by atoms with Gasteiger partial charge in [-0.1, -0.05) is 0 Å². The van der Waals surface area contributed by atoms with Crippen LogP contribution >= 0.6 is 15.9 Å². The van der Waals surface area contributed by atoms with Gasteiger partial charge in [0.15, 0.2) is 0 Å². The summed E-state index contributed by atoms with van der Waals surface area (Å²) in [5.74, 6) is 0. The number of rotatable bonds is 7. The van der Waals surface area contributed by atoms with Gasteiger partial charge in [0.05, 0.1) is 22.4 Å². The molecule has 0 aromatic carbocycles. The molecule has 92 valence electrons. The summed E-state index contributed by atoms with van der Waals surface area (Å²) in [7, 11) is 3.72. The number of aryl methyl sites for hydroxylation is 1. The normalized spacial score (nSPS) is 13.0. The Morgan fingerprint density at radius 3 is 2.94 bits per heavy atom. The maximum Gasteiger partial charge on any atom is 0.0695 e. The summed E-state index contributed by atoms with van der Waals surface area (Å²) in [5.41, 5.74) is 1.22. The van der Waals surface area contributed by atoms with Gasteiger partial charge in [0, 0.05) is 20.3 Å². The molecule has 1 rings (SSSR count). The first kappa shape index (κ1) is 13.7. The van der Waals surface area contributed by atoms with Crippen molar-refractivity contribution in [1.29, 1.82) is 0 Å². The van der Waals surface area contributed by atoms with E-state index < -0.39 is 0 Å². The molecule has 0 bridgehead atoms. The number of hydrogen-bond acceptors (Lipinski definition) is 3. The summed E-state index contributed by atoms with van der Waals surface area (Å²) in [6.45, 7) is 3.80. The lowest BCUT2D eigenvalue weighted by atomic mass is 10.1. The molecule has 1 heterocycles. The molecule has 1 unspecified atom stereocenters. The number of ether oxygens (including phenoxy) is 1. The molecule has 0 aliphatic rings. The third kappa shape index (κ3) is 3.30. The highest BCUT2D eigenvalue weighted by Crippen LogP contribution is 2.26. The van der Waals surface area contributed by atoms with Crippen molar-refractivity contribution in [2.24, 2.45) is 0 Å². The van der Waals surface area contributed by atoms with E-state index in [1.807, 2.05) is 17.9 Å². The molecule has 1 atom stereocenters. The Hall–Kier alpha value is -0.390. The van der Waals surface area contributed by atoms with E-state index >= 15 is 0 Å². The number of aromatic nitrogens is 2. The van der Waals surface area contributed by atoms with Crippen molar-refractivity contribution >= 4 is 15.9 Å². The van der Waals surface area contributed by atoms with E-state index in [4.69, 9.17) is 4.74 Å². The van der Waals surface area contributed by atoms with E-state index in [-0.39, 0.29) is 0 Å². The van der Waals surface area contributed by atoms with Gasteiger partial charge in [-0.05, 0) is 42.7 Å². The van der Waals surface area contributed by atoms with E-state index in [1.165, 1.54) is 5.69 Å². The minimum atomic E-state index is 0.326. The Morgan fingerprint density at radius 1 is 1.62 bits per heavy atom. The molecule has 0 aliphatic carbocycles. The van der Waals surface area contributed by atoms with Crippen LogP contribution in [0.5, 0.6) is 0 Å². The van der Waals surface area contributed by atoms with Crippen molar-refractivity contribution in [1.82, 2.24) is 15.1 Å². The molecule has 0 saturated carbocycles. The summed E-state index contributed by atoms with van der Waals surface area (Å²) in [4.78, 5) is 0. The van der Waals surface area contributed by atoms with Crippen molar-refractivity contribution in [2.75, 3.05) is 20.8 Å². The third-order valence-corrected chi connectivity index (χ3v) is 3.26. The number of nitrogens with zero attached hydrogens (tertiary/aromatic N) is 2. The first-order valence-electron chi connectivity index (χ1n) is 5.62. The number of methoxy groups -OCH3 is 1. The second-order valence-corrected chi connectivity index (χ2v) is 4.52. The smallest absolute Gasteiger partial charge is 0.0695 e. The molecule has 0 amide bonds. The van der Waals surface area contributed by atoms with Gasteiger partial charge < -0.3 is 10.1 Å². The van der Waals surface area contributed by atoms with Crippen LogP contribution < -0.4 is 5.32 Å². The van der Waals surface area contributed by atoms with Crippen molar-refractivity contribution < 1.29 is 4.74 Å². The second-order valence-electron chi connectivity index (χ2n) is 3.67. The predicted octanol–water partition coefficient (Wildman–Crippen LogP) is 2.35. The minimum absolute atomic E-state index is 0.326. The predicted molar refractivity (Wildman–Crippen MR) is 68.5 cm³/mol. The minimum Gasteiger partial charge on any atom is -0.385 e. The molecule has 5 heteroatoms. The number of nitrogens with one attached hydrogen (secondary N) is 1. The molecule has 1 aromatic heterocycles. The largest absolute Gasteiger partial charge is 0.385 e. The monoisotopic (exact) mass is 289 g/mol. The van der Waals surface area contributed by atoms with Gasteiger partial charge in [0.25, 0.3) is 0 Å². The average Bonchev–Trinajstić information content (AvgIpc) is 2.66. The second kappa shape index (κ2) is 7.04. The lowest BCUT2D eigenvalue weighted by molar-refractivity contribution is 0.188. The first-order valence-corrected chi connectivity index (χ1v) is 6.41. The van der Waals surface area contributed by atoms with Gasteiger partial charge in [-0.15, -0.1) is 0 Å². The van der Waals surface area contributed by atoms with Crippen LogP contribution in [0.15, 0.2) is 10.7 Å². The van der Waals surface area contributed by atoms with Crippen LogP contribution in [0.4, 0.5) is 0 Å². The Bertz CT molecular complexity index is 314. The van der Waals surface area contributed by atoms with Crippen molar-refractivity contribution in [3.63, 3.8) is 0 Å². The van der Waals surface area contributed by atoms with Crippen molar-refractivity contribution in [2.45, 2.75) is 32.4 Å². The van der Waals surface area contributed by atoms with Crippen molar-refractivity contribution in [3.8, 4) is 0 Å². The summed E-state index contributed by atoms with van der Waals surface area (Å²) in [6.07, 6.45) is 3.96. The fourth-order valence-corrected chi connectivity index (χ4v) is 2.39. The average molecular weight is 290 g/mol. The highest BCUT2D eigenvalue weighted by atomic mass is 79.9. The molecule has 0 saturated heterocycles. The summed E-state index contributed by atoms with van der Waals surface area (Å²) >= 11 is 3.55. The Kier molecular flexibility index (Phi) is 6.01. The van der Waals surface area contributed by atoms with Gasteiger partial charge >= 0.3 is 0 Å². The molecule has 0 aliphatic heterocycles. The lowest BCUT2D eigenvalue weighted by Crippen LogP contribution is -2.21. The van der Waals surface area contributed by atoms with Crippen LogP contribution in [0.25, 0.3) is 0 Å². The molecule has 16 heavy (non-hydrogen) atoms. The fourth-order valence-electron chi connectivity index (χ4n) is 1.82. The van der Waals surface area contributed by atoms with Gasteiger partial charge in [0.1, 0.15) is 0 Å². The zero-order valence-corrected chi connectivity index (χ0v) is 11.7. The third-order valence-electron chi connectivity index (χ3n) is 2.65. The molecule has 0 spiro atoms. The van der Waals surface area contributed by atoms with E-state index in [9.17, 15) is 0 Å². The lowest BCUT2D eigenvalue weighted by Gasteiger charge is -2.18. The van der Waals surface area contributed by atoms with E-state index in [2.05, 4.69) is 33.3 Å². The van der Waals surface area contributed by atoms with Crippen LogP contribution in [-0.4, -0.2) is 30.5 Å². The van der Waals surface area contributed by atoms with Gasteiger partial charge in [0.2, 0.25) is 0 Å². The van der Waals surface area contributed by atoms with E-state index in [0.29, 0.717) is 6.04 Å².